The molecule has 0 saturated heterocycles. The monoisotopic (exact) mass is 317 g/mol. The van der Waals surface area contributed by atoms with Crippen LogP contribution in [-0.4, -0.2) is 21.7 Å². The summed E-state index contributed by atoms with van der Waals surface area (Å²) in [5.74, 6) is 0. The third-order valence-electron chi connectivity index (χ3n) is 4.45. The molecule has 0 fully saturated rings. The van der Waals surface area contributed by atoms with E-state index in [1.807, 2.05) is 31.3 Å². The van der Waals surface area contributed by atoms with E-state index in [-0.39, 0.29) is 0 Å². The quantitative estimate of drug-likeness (QED) is 0.443. The van der Waals surface area contributed by atoms with E-state index in [1.54, 1.807) is 6.07 Å². The molecule has 3 aromatic carbocycles. The highest BCUT2D eigenvalue weighted by atomic mass is 16.4. The molecule has 0 amide bonds. The van der Waals surface area contributed by atoms with Gasteiger partial charge in [0.05, 0.1) is 7.05 Å². The highest BCUT2D eigenvalue weighted by molar-refractivity contribution is 6.58. The van der Waals surface area contributed by atoms with E-state index in [2.05, 4.69) is 45.8 Å². The van der Waals surface area contributed by atoms with Crippen molar-refractivity contribution in [3.8, 4) is 0 Å². The summed E-state index contributed by atoms with van der Waals surface area (Å²) in [5, 5.41) is 21.1. The third kappa shape index (κ3) is 2.58. The van der Waals surface area contributed by atoms with Crippen molar-refractivity contribution in [1.82, 2.24) is 4.57 Å². The van der Waals surface area contributed by atoms with E-state index < -0.39 is 7.12 Å². The summed E-state index contributed by atoms with van der Waals surface area (Å²) < 4.78 is 4.30. The molecule has 2 N–H and O–H groups in total. The summed E-state index contributed by atoms with van der Waals surface area (Å²) >= 11 is 0. The van der Waals surface area contributed by atoms with Gasteiger partial charge in [-0.2, -0.15) is 0 Å². The summed E-state index contributed by atoms with van der Waals surface area (Å²) in [6.07, 6.45) is 2.07. The molecule has 0 spiro atoms. The Morgan fingerprint density at radius 3 is 2.46 bits per heavy atom. The molecule has 118 valence electrons. The van der Waals surface area contributed by atoms with E-state index >= 15 is 0 Å². The van der Waals surface area contributed by atoms with Gasteiger partial charge in [0.1, 0.15) is 6.54 Å². The Balaban J connectivity index is 1.82. The molecule has 0 aliphatic rings. The molecule has 0 saturated carbocycles. The normalized spacial score (nSPS) is 11.3. The standard InChI is InChI=1S/C19H18BN2O2/c1-21-13-22(12-14-5-4-8-17(9-14)20(23)24)19-11-16-7-3-2-6-15(16)10-18(19)21/h2-11,13,23-24H,12H2,1H3/q+1. The van der Waals surface area contributed by atoms with Crippen molar-refractivity contribution in [3.63, 3.8) is 0 Å². The first-order valence-corrected chi connectivity index (χ1v) is 7.94. The highest BCUT2D eigenvalue weighted by Gasteiger charge is 2.16. The van der Waals surface area contributed by atoms with Crippen LogP contribution >= 0.6 is 0 Å². The lowest BCUT2D eigenvalue weighted by Gasteiger charge is -2.03. The zero-order valence-electron chi connectivity index (χ0n) is 13.4. The van der Waals surface area contributed by atoms with Gasteiger partial charge < -0.3 is 10.0 Å². The molecule has 5 heteroatoms. The molecule has 1 aromatic heterocycles. The van der Waals surface area contributed by atoms with Gasteiger partial charge >= 0.3 is 7.12 Å². The highest BCUT2D eigenvalue weighted by Crippen LogP contribution is 2.21. The van der Waals surface area contributed by atoms with E-state index in [0.29, 0.717) is 12.0 Å². The molecule has 24 heavy (non-hydrogen) atoms. The topological polar surface area (TPSA) is 49.3 Å². The zero-order valence-corrected chi connectivity index (χ0v) is 13.4. The van der Waals surface area contributed by atoms with Gasteiger partial charge in [0.25, 0.3) is 0 Å². The predicted molar refractivity (Wildman–Crippen MR) is 96.0 cm³/mol. The largest absolute Gasteiger partial charge is 0.488 e. The third-order valence-corrected chi connectivity index (χ3v) is 4.45. The molecule has 4 rings (SSSR count). The van der Waals surface area contributed by atoms with Gasteiger partial charge in [-0.3, -0.25) is 0 Å². The Bertz CT molecular complexity index is 1040. The van der Waals surface area contributed by atoms with Gasteiger partial charge in [-0.25, -0.2) is 9.13 Å². The maximum Gasteiger partial charge on any atom is 0.488 e. The second-order valence-electron chi connectivity index (χ2n) is 6.16. The number of hydrogen-bond donors (Lipinski definition) is 2. The molecule has 0 radical (unpaired) electrons. The van der Waals surface area contributed by atoms with Gasteiger partial charge in [-0.1, -0.05) is 48.5 Å². The van der Waals surface area contributed by atoms with Crippen LogP contribution in [0, 0.1) is 0 Å². The molecule has 0 unspecified atom stereocenters. The number of fused-ring (bicyclic) bond motifs is 2. The number of benzene rings is 3. The van der Waals surface area contributed by atoms with Gasteiger partial charge in [-0.05, 0) is 33.9 Å². The fourth-order valence-corrected chi connectivity index (χ4v) is 3.24. The Kier molecular flexibility index (Phi) is 3.60. The van der Waals surface area contributed by atoms with Crippen molar-refractivity contribution in [3.05, 3.63) is 72.6 Å². The fourth-order valence-electron chi connectivity index (χ4n) is 3.24. The van der Waals surface area contributed by atoms with Gasteiger partial charge in [0.2, 0.25) is 6.33 Å². The Hall–Kier alpha value is -2.63. The van der Waals surface area contributed by atoms with Crippen LogP contribution in [0.5, 0.6) is 0 Å². The smallest absolute Gasteiger partial charge is 0.423 e. The van der Waals surface area contributed by atoms with E-state index in [4.69, 9.17) is 0 Å². The van der Waals surface area contributed by atoms with Crippen molar-refractivity contribution in [2.24, 2.45) is 7.05 Å². The van der Waals surface area contributed by atoms with Crippen molar-refractivity contribution < 1.29 is 14.6 Å². The minimum atomic E-state index is -1.44. The second kappa shape index (κ2) is 5.78. The number of imidazole rings is 1. The average Bonchev–Trinajstić information content (AvgIpc) is 2.88. The first-order chi connectivity index (χ1) is 11.6. The van der Waals surface area contributed by atoms with Crippen LogP contribution in [0.25, 0.3) is 21.8 Å². The Morgan fingerprint density at radius 1 is 0.958 bits per heavy atom. The predicted octanol–water partition coefficient (Wildman–Crippen LogP) is 1.35. The maximum absolute atomic E-state index is 9.35. The molecular formula is C19H18BN2O2+. The summed E-state index contributed by atoms with van der Waals surface area (Å²) in [6, 6.07) is 20.2. The van der Waals surface area contributed by atoms with Crippen LogP contribution in [0.1, 0.15) is 5.56 Å². The molecule has 1 heterocycles. The van der Waals surface area contributed by atoms with E-state index in [9.17, 15) is 10.0 Å². The summed E-state index contributed by atoms with van der Waals surface area (Å²) in [5.41, 5.74) is 3.88. The number of aryl methyl sites for hydroxylation is 1. The van der Waals surface area contributed by atoms with Crippen molar-refractivity contribution >= 4 is 34.4 Å². The average molecular weight is 317 g/mol. The molecule has 0 bridgehead atoms. The number of nitrogens with zero attached hydrogens (tertiary/aromatic N) is 2. The second-order valence-corrected chi connectivity index (χ2v) is 6.16. The van der Waals surface area contributed by atoms with Crippen molar-refractivity contribution in [1.29, 1.82) is 0 Å². The molecule has 0 aliphatic heterocycles. The molecule has 0 aliphatic carbocycles. The van der Waals surface area contributed by atoms with Gasteiger partial charge in [0, 0.05) is 0 Å². The molecule has 4 nitrogen and oxygen atoms in total. The minimum Gasteiger partial charge on any atom is -0.423 e. The Labute approximate surface area is 140 Å². The summed E-state index contributed by atoms with van der Waals surface area (Å²) in [6.45, 7) is 0.677. The van der Waals surface area contributed by atoms with Crippen LogP contribution in [0.2, 0.25) is 0 Å². The molecule has 0 atom stereocenters. The minimum absolute atomic E-state index is 0.513. The lowest BCUT2D eigenvalue weighted by atomic mass is 9.79. The lowest BCUT2D eigenvalue weighted by molar-refractivity contribution is -0.645. The SMILES string of the molecule is C[n+]1cn(Cc2cccc(B(O)O)c2)c2cc3ccccc3cc21. The van der Waals surface area contributed by atoms with Gasteiger partial charge in [-0.15, -0.1) is 0 Å². The summed E-state index contributed by atoms with van der Waals surface area (Å²) in [7, 11) is 0.605. The lowest BCUT2D eigenvalue weighted by Crippen LogP contribution is -2.30. The maximum atomic E-state index is 9.35. The van der Waals surface area contributed by atoms with Crippen LogP contribution in [0.4, 0.5) is 0 Å². The summed E-state index contributed by atoms with van der Waals surface area (Å²) in [4.78, 5) is 0. The van der Waals surface area contributed by atoms with Crippen LogP contribution in [-0.2, 0) is 13.6 Å². The fraction of sp³-hybridized carbons (Fsp3) is 0.105. The van der Waals surface area contributed by atoms with E-state index in [0.717, 1.165) is 11.1 Å². The first-order valence-electron chi connectivity index (χ1n) is 7.94. The van der Waals surface area contributed by atoms with Crippen LogP contribution in [0.3, 0.4) is 0 Å². The molecular weight excluding hydrogens is 299 g/mol. The van der Waals surface area contributed by atoms with Gasteiger partial charge in [0.15, 0.2) is 11.0 Å². The van der Waals surface area contributed by atoms with Crippen LogP contribution < -0.4 is 10.0 Å². The number of rotatable bonds is 3. The molecule has 4 aromatic rings. The zero-order chi connectivity index (χ0) is 16.7. The first kappa shape index (κ1) is 14.9. The number of hydrogen-bond acceptors (Lipinski definition) is 2. The van der Waals surface area contributed by atoms with Crippen LogP contribution in [0.15, 0.2) is 67.0 Å². The number of aromatic nitrogens is 2. The van der Waals surface area contributed by atoms with Crippen molar-refractivity contribution in [2.75, 3.05) is 0 Å². The Morgan fingerprint density at radius 2 is 1.71 bits per heavy atom. The van der Waals surface area contributed by atoms with E-state index in [1.165, 1.54) is 16.3 Å². The van der Waals surface area contributed by atoms with Crippen molar-refractivity contribution in [2.45, 2.75) is 6.54 Å².